The summed E-state index contributed by atoms with van der Waals surface area (Å²) in [5.74, 6) is -0.545. The first-order chi connectivity index (χ1) is 18.7. The number of nitrogens with one attached hydrogen (secondary N) is 2. The van der Waals surface area contributed by atoms with E-state index in [0.717, 1.165) is 0 Å². The number of hydrogen-bond acceptors (Lipinski definition) is 7. The molecule has 39 heavy (non-hydrogen) atoms. The van der Waals surface area contributed by atoms with E-state index in [1.165, 1.54) is 41.0 Å². The number of benzene rings is 3. The van der Waals surface area contributed by atoms with Crippen LogP contribution in [0.1, 0.15) is 5.56 Å². The average molecular weight is 565 g/mol. The van der Waals surface area contributed by atoms with Gasteiger partial charge in [0.15, 0.2) is 6.10 Å². The van der Waals surface area contributed by atoms with E-state index in [4.69, 9.17) is 4.74 Å². The Kier molecular flexibility index (Phi) is 7.22. The van der Waals surface area contributed by atoms with Crippen LogP contribution in [0.4, 0.5) is 17.1 Å². The van der Waals surface area contributed by atoms with Gasteiger partial charge in [0.1, 0.15) is 5.75 Å². The van der Waals surface area contributed by atoms with Crippen LogP contribution in [-0.4, -0.2) is 40.4 Å². The van der Waals surface area contributed by atoms with Crippen molar-refractivity contribution in [3.8, 4) is 5.75 Å². The highest BCUT2D eigenvalue weighted by molar-refractivity contribution is 7.92. The topological polar surface area (TPSA) is 135 Å². The first-order valence-corrected chi connectivity index (χ1v) is 14.9. The predicted octanol–water partition coefficient (Wildman–Crippen LogP) is 3.62. The molecular weight excluding hydrogens is 540 g/mol. The van der Waals surface area contributed by atoms with Crippen molar-refractivity contribution in [3.63, 3.8) is 0 Å². The molecule has 10 nitrogen and oxygen atoms in total. The van der Waals surface area contributed by atoms with E-state index in [9.17, 15) is 21.6 Å². The van der Waals surface area contributed by atoms with Crippen LogP contribution in [0.3, 0.4) is 0 Å². The monoisotopic (exact) mass is 564 g/mol. The Morgan fingerprint density at radius 1 is 0.872 bits per heavy atom. The van der Waals surface area contributed by atoms with E-state index in [1.807, 2.05) is 0 Å². The van der Waals surface area contributed by atoms with Crippen molar-refractivity contribution < 1.29 is 26.4 Å². The summed E-state index contributed by atoms with van der Waals surface area (Å²) in [6, 6.07) is 24.2. The molecule has 200 valence electrons. The maximum absolute atomic E-state index is 13.4. The summed E-state index contributed by atoms with van der Waals surface area (Å²) in [6.45, 7) is -0.223. The molecule has 1 aliphatic heterocycles. The second-order valence-corrected chi connectivity index (χ2v) is 12.3. The van der Waals surface area contributed by atoms with E-state index >= 15 is 0 Å². The van der Waals surface area contributed by atoms with Crippen LogP contribution in [0.25, 0.3) is 0 Å². The molecule has 0 fully saturated rings. The SMILES string of the molecule is O=C(Nc1ccc(S(=O)(=O)Nc2cccnc2)cc1)[C@H]1CN(S(=O)(=O)Cc2ccccc2)c2ccccc2O1. The molecule has 2 heterocycles. The summed E-state index contributed by atoms with van der Waals surface area (Å²) >= 11 is 0. The number of para-hydroxylation sites is 2. The third-order valence-electron chi connectivity index (χ3n) is 5.90. The number of carbonyl (C=O) groups is 1. The fourth-order valence-corrected chi connectivity index (χ4v) is 6.67. The van der Waals surface area contributed by atoms with Crippen molar-refractivity contribution in [2.24, 2.45) is 0 Å². The standard InChI is InChI=1S/C27H24N4O6S2/c32-27(29-21-12-14-23(15-13-21)39(35,36)30-22-9-6-16-28-17-22)26-18-31(24-10-4-5-11-25(24)37-26)38(33,34)19-20-7-2-1-3-8-20/h1-17,26,30H,18-19H2,(H,29,32)/t26-/m1/s1. The lowest BCUT2D eigenvalue weighted by Gasteiger charge is -2.34. The molecule has 12 heteroatoms. The van der Waals surface area contributed by atoms with Gasteiger partial charge in [0, 0.05) is 11.9 Å². The van der Waals surface area contributed by atoms with Gasteiger partial charge in [-0.05, 0) is 54.1 Å². The van der Waals surface area contributed by atoms with Gasteiger partial charge in [-0.25, -0.2) is 16.8 Å². The molecule has 1 aromatic heterocycles. The number of rotatable bonds is 8. The van der Waals surface area contributed by atoms with E-state index in [-0.39, 0.29) is 22.9 Å². The van der Waals surface area contributed by atoms with Crippen LogP contribution in [0.5, 0.6) is 5.75 Å². The summed E-state index contributed by atoms with van der Waals surface area (Å²) in [5.41, 5.74) is 1.61. The van der Waals surface area contributed by atoms with Gasteiger partial charge in [-0.1, -0.05) is 42.5 Å². The third-order valence-corrected chi connectivity index (χ3v) is 9.01. The van der Waals surface area contributed by atoms with Crippen molar-refractivity contribution in [1.29, 1.82) is 0 Å². The fourth-order valence-electron chi connectivity index (χ4n) is 4.04. The van der Waals surface area contributed by atoms with Gasteiger partial charge in [0.2, 0.25) is 10.0 Å². The Bertz CT molecular complexity index is 1680. The molecular formula is C27H24N4O6S2. The molecule has 0 spiro atoms. The molecule has 0 saturated carbocycles. The van der Waals surface area contributed by atoms with Crippen LogP contribution in [-0.2, 0) is 30.6 Å². The van der Waals surface area contributed by atoms with E-state index in [1.54, 1.807) is 66.7 Å². The molecule has 1 atom stereocenters. The van der Waals surface area contributed by atoms with Crippen LogP contribution in [0, 0.1) is 0 Å². The molecule has 0 unspecified atom stereocenters. The highest BCUT2D eigenvalue weighted by atomic mass is 32.2. The highest BCUT2D eigenvalue weighted by Crippen LogP contribution is 2.36. The number of pyridine rings is 1. The van der Waals surface area contributed by atoms with Crippen LogP contribution >= 0.6 is 0 Å². The van der Waals surface area contributed by atoms with Crippen LogP contribution in [0.2, 0.25) is 0 Å². The molecule has 0 saturated heterocycles. The third kappa shape index (κ3) is 6.02. The Hall–Kier alpha value is -4.42. The van der Waals surface area contributed by atoms with Crippen molar-refractivity contribution in [3.05, 3.63) is 109 Å². The molecule has 3 aromatic carbocycles. The van der Waals surface area contributed by atoms with E-state index in [0.29, 0.717) is 22.6 Å². The summed E-state index contributed by atoms with van der Waals surface area (Å²) in [7, 11) is -7.70. The summed E-state index contributed by atoms with van der Waals surface area (Å²) in [4.78, 5) is 17.0. The second-order valence-electron chi connectivity index (χ2n) is 8.71. The number of nitrogens with zero attached hydrogens (tertiary/aromatic N) is 2. The second kappa shape index (κ2) is 10.8. The van der Waals surface area contributed by atoms with Crippen molar-refractivity contribution in [1.82, 2.24) is 4.98 Å². The van der Waals surface area contributed by atoms with Crippen LogP contribution < -0.4 is 19.1 Å². The summed E-state index contributed by atoms with van der Waals surface area (Å²) < 4.78 is 61.5. The van der Waals surface area contributed by atoms with Crippen molar-refractivity contribution in [2.75, 3.05) is 20.9 Å². The predicted molar refractivity (Wildman–Crippen MR) is 147 cm³/mol. The Morgan fingerprint density at radius 3 is 2.31 bits per heavy atom. The van der Waals surface area contributed by atoms with Gasteiger partial charge in [-0.15, -0.1) is 0 Å². The number of anilines is 3. The number of sulfonamides is 2. The zero-order chi connectivity index (χ0) is 27.5. The van der Waals surface area contributed by atoms with Gasteiger partial charge < -0.3 is 10.1 Å². The lowest BCUT2D eigenvalue weighted by molar-refractivity contribution is -0.122. The fraction of sp³-hybridized carbons (Fsp3) is 0.111. The number of amides is 1. The number of carbonyl (C=O) groups excluding carboxylic acids is 1. The first-order valence-electron chi connectivity index (χ1n) is 11.9. The maximum atomic E-state index is 13.4. The molecule has 1 aliphatic rings. The number of hydrogen-bond donors (Lipinski definition) is 2. The normalized spacial score (nSPS) is 15.1. The summed E-state index contributed by atoms with van der Waals surface area (Å²) in [5, 5.41) is 2.68. The van der Waals surface area contributed by atoms with E-state index < -0.39 is 32.1 Å². The number of aromatic nitrogens is 1. The van der Waals surface area contributed by atoms with Crippen molar-refractivity contribution >= 4 is 43.0 Å². The smallest absolute Gasteiger partial charge is 0.267 e. The average Bonchev–Trinajstić information content (AvgIpc) is 2.93. The lowest BCUT2D eigenvalue weighted by atomic mass is 10.2. The van der Waals surface area contributed by atoms with Crippen molar-refractivity contribution in [2.45, 2.75) is 16.8 Å². The molecule has 4 aromatic rings. The van der Waals surface area contributed by atoms with Gasteiger partial charge in [-0.3, -0.25) is 18.8 Å². The minimum atomic E-state index is -3.86. The molecule has 1 amide bonds. The molecule has 2 N–H and O–H groups in total. The minimum absolute atomic E-state index is 0.00891. The van der Waals surface area contributed by atoms with E-state index in [2.05, 4.69) is 15.0 Å². The molecule has 0 bridgehead atoms. The Labute approximate surface area is 226 Å². The Morgan fingerprint density at radius 2 is 1.59 bits per heavy atom. The number of fused-ring (bicyclic) bond motifs is 1. The summed E-state index contributed by atoms with van der Waals surface area (Å²) in [6.07, 6.45) is 1.78. The van der Waals surface area contributed by atoms with Gasteiger partial charge >= 0.3 is 0 Å². The largest absolute Gasteiger partial charge is 0.476 e. The zero-order valence-electron chi connectivity index (χ0n) is 20.5. The maximum Gasteiger partial charge on any atom is 0.267 e. The first kappa shape index (κ1) is 26.2. The minimum Gasteiger partial charge on any atom is -0.476 e. The molecule has 5 rings (SSSR count). The Balaban J connectivity index is 1.32. The quantitative estimate of drug-likeness (QED) is 0.334. The van der Waals surface area contributed by atoms with Gasteiger partial charge in [0.05, 0.1) is 34.8 Å². The zero-order valence-corrected chi connectivity index (χ0v) is 22.1. The van der Waals surface area contributed by atoms with Crippen LogP contribution in [0.15, 0.2) is 108 Å². The van der Waals surface area contributed by atoms with Gasteiger partial charge in [-0.2, -0.15) is 0 Å². The highest BCUT2D eigenvalue weighted by Gasteiger charge is 2.36. The lowest BCUT2D eigenvalue weighted by Crippen LogP contribution is -2.49. The molecule has 0 radical (unpaired) electrons. The number of ether oxygens (including phenoxy) is 1. The van der Waals surface area contributed by atoms with Gasteiger partial charge in [0.25, 0.3) is 15.9 Å². The molecule has 0 aliphatic carbocycles.